The fraction of sp³-hybridized carbons (Fsp3) is 0.824. The van der Waals surface area contributed by atoms with E-state index in [9.17, 15) is 5.11 Å². The summed E-state index contributed by atoms with van der Waals surface area (Å²) in [6.07, 6.45) is 4.74. The summed E-state index contributed by atoms with van der Waals surface area (Å²) in [5.74, 6) is 0.568. The summed E-state index contributed by atoms with van der Waals surface area (Å²) < 4.78 is 1.89. The smallest absolute Gasteiger partial charge is 0.0644 e. The predicted molar refractivity (Wildman–Crippen MR) is 87.6 cm³/mol. The minimum absolute atomic E-state index is 0.122. The maximum absolute atomic E-state index is 9.20. The standard InChI is InChI=1S/C17H31N3O2/c1-13(5-9-21)17(6-4-7-17)12-18-11-16-14(2)19-20(8-10-22)15(16)3/h13,18,21-22H,4-12H2,1-3H3. The van der Waals surface area contributed by atoms with Crippen LogP contribution in [0.15, 0.2) is 0 Å². The minimum atomic E-state index is 0.122. The average molecular weight is 309 g/mol. The summed E-state index contributed by atoms with van der Waals surface area (Å²) in [4.78, 5) is 0. The maximum atomic E-state index is 9.20. The van der Waals surface area contributed by atoms with Crippen molar-refractivity contribution in [3.05, 3.63) is 17.0 Å². The van der Waals surface area contributed by atoms with Crippen LogP contribution < -0.4 is 5.32 Å². The molecule has 1 aliphatic rings. The van der Waals surface area contributed by atoms with Crippen molar-refractivity contribution >= 4 is 0 Å². The van der Waals surface area contributed by atoms with Gasteiger partial charge in [0.1, 0.15) is 0 Å². The molecular weight excluding hydrogens is 278 g/mol. The lowest BCUT2D eigenvalue weighted by Crippen LogP contribution is -2.45. The number of aliphatic hydroxyl groups is 2. The van der Waals surface area contributed by atoms with E-state index in [0.717, 1.165) is 30.9 Å². The second-order valence-corrected chi connectivity index (χ2v) is 6.83. The highest BCUT2D eigenvalue weighted by atomic mass is 16.3. The third kappa shape index (κ3) is 3.53. The Labute approximate surface area is 133 Å². The van der Waals surface area contributed by atoms with Gasteiger partial charge in [0.15, 0.2) is 0 Å². The number of aromatic nitrogens is 2. The van der Waals surface area contributed by atoms with Crippen molar-refractivity contribution in [3.8, 4) is 0 Å². The summed E-state index contributed by atoms with van der Waals surface area (Å²) in [6.45, 7) is 9.18. The molecule has 5 heteroatoms. The van der Waals surface area contributed by atoms with Gasteiger partial charge in [-0.1, -0.05) is 13.3 Å². The fourth-order valence-electron chi connectivity index (χ4n) is 3.71. The third-order valence-electron chi connectivity index (χ3n) is 5.58. The molecule has 1 saturated carbocycles. The first kappa shape index (κ1) is 17.4. The molecule has 1 unspecified atom stereocenters. The molecule has 0 aliphatic heterocycles. The third-order valence-corrected chi connectivity index (χ3v) is 5.58. The van der Waals surface area contributed by atoms with Crippen LogP contribution in [0.4, 0.5) is 0 Å². The lowest BCUT2D eigenvalue weighted by molar-refractivity contribution is 0.0427. The number of rotatable bonds is 9. The van der Waals surface area contributed by atoms with Gasteiger partial charge in [0, 0.05) is 31.0 Å². The van der Waals surface area contributed by atoms with Crippen LogP contribution >= 0.6 is 0 Å². The van der Waals surface area contributed by atoms with E-state index in [2.05, 4.69) is 24.3 Å². The van der Waals surface area contributed by atoms with Crippen molar-refractivity contribution in [1.82, 2.24) is 15.1 Å². The molecule has 1 aromatic heterocycles. The molecular formula is C17H31N3O2. The summed E-state index contributed by atoms with van der Waals surface area (Å²) >= 11 is 0. The van der Waals surface area contributed by atoms with Gasteiger partial charge in [0.05, 0.1) is 18.8 Å². The lowest BCUT2D eigenvalue weighted by Gasteiger charge is -2.47. The Bertz CT molecular complexity index is 480. The van der Waals surface area contributed by atoms with Gasteiger partial charge < -0.3 is 15.5 Å². The lowest BCUT2D eigenvalue weighted by atomic mass is 9.60. The number of hydrogen-bond donors (Lipinski definition) is 3. The molecule has 5 nitrogen and oxygen atoms in total. The van der Waals surface area contributed by atoms with Crippen molar-refractivity contribution < 1.29 is 10.2 Å². The van der Waals surface area contributed by atoms with Crippen LogP contribution in [0.25, 0.3) is 0 Å². The zero-order valence-corrected chi connectivity index (χ0v) is 14.2. The number of aliphatic hydroxyl groups excluding tert-OH is 2. The molecule has 1 fully saturated rings. The summed E-state index contributed by atoms with van der Waals surface area (Å²) in [7, 11) is 0. The van der Waals surface area contributed by atoms with E-state index in [1.54, 1.807) is 0 Å². The molecule has 1 aliphatic carbocycles. The van der Waals surface area contributed by atoms with Crippen molar-refractivity contribution in [2.45, 2.75) is 59.5 Å². The van der Waals surface area contributed by atoms with Crippen molar-refractivity contribution in [2.24, 2.45) is 11.3 Å². The molecule has 3 N–H and O–H groups in total. The van der Waals surface area contributed by atoms with E-state index < -0.39 is 0 Å². The van der Waals surface area contributed by atoms with Crippen LogP contribution in [0.5, 0.6) is 0 Å². The van der Waals surface area contributed by atoms with Gasteiger partial charge in [0.25, 0.3) is 0 Å². The van der Waals surface area contributed by atoms with Crippen LogP contribution in [-0.2, 0) is 13.1 Å². The molecule has 22 heavy (non-hydrogen) atoms. The first-order valence-electron chi connectivity index (χ1n) is 8.49. The first-order valence-corrected chi connectivity index (χ1v) is 8.49. The summed E-state index contributed by atoms with van der Waals surface area (Å²) in [6, 6.07) is 0. The van der Waals surface area contributed by atoms with Gasteiger partial charge in [-0.25, -0.2) is 0 Å². The zero-order chi connectivity index (χ0) is 16.2. The molecule has 126 valence electrons. The molecule has 0 saturated heterocycles. The Balaban J connectivity index is 1.93. The Morgan fingerprint density at radius 1 is 1.27 bits per heavy atom. The molecule has 0 bridgehead atoms. The molecule has 0 aromatic carbocycles. The number of nitrogens with one attached hydrogen (secondary N) is 1. The highest BCUT2D eigenvalue weighted by Gasteiger charge is 2.40. The van der Waals surface area contributed by atoms with E-state index in [1.165, 1.54) is 24.8 Å². The van der Waals surface area contributed by atoms with Crippen molar-refractivity contribution in [1.29, 1.82) is 0 Å². The van der Waals surface area contributed by atoms with Crippen LogP contribution in [0.1, 0.15) is 49.6 Å². The second-order valence-electron chi connectivity index (χ2n) is 6.83. The first-order chi connectivity index (χ1) is 10.5. The van der Waals surface area contributed by atoms with E-state index >= 15 is 0 Å². The van der Waals surface area contributed by atoms with Gasteiger partial charge in [-0.2, -0.15) is 5.10 Å². The van der Waals surface area contributed by atoms with Crippen molar-refractivity contribution in [3.63, 3.8) is 0 Å². The monoisotopic (exact) mass is 309 g/mol. The van der Waals surface area contributed by atoms with Crippen LogP contribution in [0.3, 0.4) is 0 Å². The Hall–Kier alpha value is -0.910. The zero-order valence-electron chi connectivity index (χ0n) is 14.2. The molecule has 0 amide bonds. The Kier molecular flexibility index (Phi) is 6.01. The Morgan fingerprint density at radius 3 is 2.55 bits per heavy atom. The van der Waals surface area contributed by atoms with Gasteiger partial charge in [0.2, 0.25) is 0 Å². The average Bonchev–Trinajstić information content (AvgIpc) is 2.69. The van der Waals surface area contributed by atoms with Gasteiger partial charge >= 0.3 is 0 Å². The molecule has 0 radical (unpaired) electrons. The van der Waals surface area contributed by atoms with Gasteiger partial charge in [-0.05, 0) is 44.4 Å². The van der Waals surface area contributed by atoms with E-state index in [1.807, 2.05) is 11.6 Å². The largest absolute Gasteiger partial charge is 0.396 e. The topological polar surface area (TPSA) is 70.3 Å². The second kappa shape index (κ2) is 7.57. The molecule has 0 spiro atoms. The summed E-state index contributed by atoms with van der Waals surface area (Å²) in [5, 5.41) is 26.4. The molecule has 1 atom stereocenters. The van der Waals surface area contributed by atoms with Crippen LogP contribution in [-0.4, -0.2) is 39.8 Å². The minimum Gasteiger partial charge on any atom is -0.396 e. The van der Waals surface area contributed by atoms with Gasteiger partial charge in [-0.15, -0.1) is 0 Å². The van der Waals surface area contributed by atoms with E-state index in [4.69, 9.17) is 5.11 Å². The van der Waals surface area contributed by atoms with Crippen LogP contribution in [0, 0.1) is 25.2 Å². The Morgan fingerprint density at radius 2 is 2.00 bits per heavy atom. The van der Waals surface area contributed by atoms with E-state index in [0.29, 0.717) is 17.9 Å². The van der Waals surface area contributed by atoms with Gasteiger partial charge in [-0.3, -0.25) is 4.68 Å². The number of hydrogen-bond acceptors (Lipinski definition) is 4. The molecule has 2 rings (SSSR count). The fourth-order valence-corrected chi connectivity index (χ4v) is 3.71. The highest BCUT2D eigenvalue weighted by Crippen LogP contribution is 2.47. The quantitative estimate of drug-likeness (QED) is 0.650. The highest BCUT2D eigenvalue weighted by molar-refractivity contribution is 5.24. The SMILES string of the molecule is Cc1nn(CCO)c(C)c1CNCC1(C(C)CCO)CCC1. The normalized spacial score (nSPS) is 18.2. The maximum Gasteiger partial charge on any atom is 0.0644 e. The molecule has 1 heterocycles. The number of nitrogens with zero attached hydrogens (tertiary/aromatic N) is 2. The molecule has 1 aromatic rings. The summed E-state index contributed by atoms with van der Waals surface area (Å²) in [5.41, 5.74) is 3.80. The van der Waals surface area contributed by atoms with Crippen molar-refractivity contribution in [2.75, 3.05) is 19.8 Å². The van der Waals surface area contributed by atoms with Crippen LogP contribution in [0.2, 0.25) is 0 Å². The van der Waals surface area contributed by atoms with E-state index in [-0.39, 0.29) is 13.2 Å². The predicted octanol–water partition coefficient (Wildman–Crippen LogP) is 1.77. The number of aryl methyl sites for hydroxylation is 1.